The first-order valence-corrected chi connectivity index (χ1v) is 9.54. The fourth-order valence-corrected chi connectivity index (χ4v) is 2.80. The van der Waals surface area contributed by atoms with Gasteiger partial charge < -0.3 is 20.7 Å². The topological polar surface area (TPSA) is 67.6 Å². The van der Waals surface area contributed by atoms with Gasteiger partial charge in [-0.25, -0.2) is 4.79 Å². The van der Waals surface area contributed by atoms with Gasteiger partial charge in [-0.2, -0.15) is 0 Å². The summed E-state index contributed by atoms with van der Waals surface area (Å²) in [5.41, 5.74) is 10.4. The first kappa shape index (κ1) is 21.7. The molecule has 0 spiro atoms. The molecule has 3 N–H and O–H groups in total. The third kappa shape index (κ3) is 7.18. The molecule has 0 bridgehead atoms. The molecule has 0 radical (unpaired) electrons. The number of benzene rings is 2. The number of hydrogen-bond donors (Lipinski definition) is 2. The van der Waals surface area contributed by atoms with Crippen LogP contribution >= 0.6 is 0 Å². The van der Waals surface area contributed by atoms with Gasteiger partial charge in [0.05, 0.1) is 0 Å². The van der Waals surface area contributed by atoms with Crippen LogP contribution < -0.4 is 15.8 Å². The lowest BCUT2D eigenvalue weighted by Gasteiger charge is -2.15. The minimum Gasteiger partial charge on any atom is -0.410 e. The third-order valence-electron chi connectivity index (χ3n) is 4.39. The van der Waals surface area contributed by atoms with E-state index >= 15 is 0 Å². The molecule has 0 aliphatic rings. The summed E-state index contributed by atoms with van der Waals surface area (Å²) < 4.78 is 5.42. The van der Waals surface area contributed by atoms with E-state index in [2.05, 4.69) is 30.1 Å². The van der Waals surface area contributed by atoms with Crippen molar-refractivity contribution < 1.29 is 9.53 Å². The molecule has 28 heavy (non-hydrogen) atoms. The lowest BCUT2D eigenvalue weighted by atomic mass is 10.0. The second-order valence-electron chi connectivity index (χ2n) is 7.32. The smallest absolute Gasteiger partial charge is 0.410 e. The second kappa shape index (κ2) is 10.6. The maximum Gasteiger partial charge on any atom is 0.414 e. The molecule has 2 rings (SSSR count). The van der Waals surface area contributed by atoms with Gasteiger partial charge in [-0.1, -0.05) is 42.5 Å². The van der Waals surface area contributed by atoms with E-state index in [-0.39, 0.29) is 6.04 Å². The van der Waals surface area contributed by atoms with Crippen molar-refractivity contribution in [3.63, 3.8) is 0 Å². The molecule has 2 aromatic rings. The van der Waals surface area contributed by atoms with Gasteiger partial charge in [-0.3, -0.25) is 0 Å². The first-order chi connectivity index (χ1) is 13.3. The van der Waals surface area contributed by atoms with Crippen LogP contribution in [0.4, 0.5) is 4.79 Å². The van der Waals surface area contributed by atoms with Gasteiger partial charge in [0.25, 0.3) is 0 Å². The number of amides is 1. The highest BCUT2D eigenvalue weighted by molar-refractivity contribution is 5.71. The van der Waals surface area contributed by atoms with Crippen molar-refractivity contribution in [2.75, 3.05) is 20.6 Å². The SMILES string of the molecule is C=C(C)c1cc(CNCC[C@@H](N)Cc2ccccc2)cc(OC(=O)N(C)C)c1. The summed E-state index contributed by atoms with van der Waals surface area (Å²) in [7, 11) is 3.32. The molecule has 2 aromatic carbocycles. The molecule has 5 nitrogen and oxygen atoms in total. The van der Waals surface area contributed by atoms with E-state index in [0.29, 0.717) is 12.3 Å². The summed E-state index contributed by atoms with van der Waals surface area (Å²) in [5.74, 6) is 0.525. The van der Waals surface area contributed by atoms with Crippen molar-refractivity contribution in [2.24, 2.45) is 5.73 Å². The molecular formula is C23H31N3O2. The van der Waals surface area contributed by atoms with Gasteiger partial charge in [-0.05, 0) is 61.2 Å². The Bertz CT molecular complexity index is 788. The third-order valence-corrected chi connectivity index (χ3v) is 4.39. The van der Waals surface area contributed by atoms with E-state index in [1.54, 1.807) is 14.1 Å². The molecule has 0 aliphatic carbocycles. The van der Waals surface area contributed by atoms with E-state index in [0.717, 1.165) is 36.1 Å². The molecule has 1 atom stereocenters. The highest BCUT2D eigenvalue weighted by Crippen LogP contribution is 2.22. The van der Waals surface area contributed by atoms with E-state index in [9.17, 15) is 4.79 Å². The highest BCUT2D eigenvalue weighted by Gasteiger charge is 2.10. The summed E-state index contributed by atoms with van der Waals surface area (Å²) in [5, 5.41) is 3.43. The summed E-state index contributed by atoms with van der Waals surface area (Å²) in [6.07, 6.45) is 1.36. The maximum absolute atomic E-state index is 11.8. The molecule has 0 saturated carbocycles. The second-order valence-corrected chi connectivity index (χ2v) is 7.32. The lowest BCUT2D eigenvalue weighted by molar-refractivity contribution is 0.172. The van der Waals surface area contributed by atoms with Crippen molar-refractivity contribution in [1.82, 2.24) is 10.2 Å². The zero-order valence-electron chi connectivity index (χ0n) is 17.1. The number of rotatable bonds is 9. The van der Waals surface area contributed by atoms with Gasteiger partial charge in [-0.15, -0.1) is 0 Å². The summed E-state index contributed by atoms with van der Waals surface area (Å²) in [6, 6.07) is 16.2. The van der Waals surface area contributed by atoms with Crippen LogP contribution in [0.1, 0.15) is 30.0 Å². The Morgan fingerprint density at radius 3 is 2.54 bits per heavy atom. The first-order valence-electron chi connectivity index (χ1n) is 9.54. The van der Waals surface area contributed by atoms with Crippen LogP contribution in [-0.2, 0) is 13.0 Å². The van der Waals surface area contributed by atoms with Gasteiger partial charge in [0.1, 0.15) is 5.75 Å². The van der Waals surface area contributed by atoms with Crippen molar-refractivity contribution in [3.05, 3.63) is 71.8 Å². The van der Waals surface area contributed by atoms with Crippen LogP contribution in [0, 0.1) is 0 Å². The molecule has 150 valence electrons. The van der Waals surface area contributed by atoms with Gasteiger partial charge in [0, 0.05) is 26.7 Å². The van der Waals surface area contributed by atoms with Crippen LogP contribution in [-0.4, -0.2) is 37.7 Å². The molecule has 0 aromatic heterocycles. The number of nitrogens with one attached hydrogen (secondary N) is 1. The quantitative estimate of drug-likeness (QED) is 0.648. The Balaban J connectivity index is 1.89. The molecule has 0 fully saturated rings. The van der Waals surface area contributed by atoms with Gasteiger partial charge in [0.15, 0.2) is 0 Å². The van der Waals surface area contributed by atoms with E-state index in [4.69, 9.17) is 10.5 Å². The Labute approximate surface area is 168 Å². The normalized spacial score (nSPS) is 11.7. The zero-order chi connectivity index (χ0) is 20.5. The predicted molar refractivity (Wildman–Crippen MR) is 115 cm³/mol. The van der Waals surface area contributed by atoms with Crippen molar-refractivity contribution >= 4 is 11.7 Å². The van der Waals surface area contributed by atoms with Crippen LogP contribution in [0.3, 0.4) is 0 Å². The molecule has 1 amide bonds. The zero-order valence-corrected chi connectivity index (χ0v) is 17.1. The highest BCUT2D eigenvalue weighted by atomic mass is 16.6. The standard InChI is InChI=1S/C23H31N3O2/c1-17(2)20-12-19(14-22(15-20)28-23(27)26(3)4)16-25-11-10-21(24)13-18-8-6-5-7-9-18/h5-9,12,14-15,21,25H,1,10-11,13,16,24H2,2-4H3/t21-/m1/s1. The van der Waals surface area contributed by atoms with Crippen LogP contribution in [0.2, 0.25) is 0 Å². The minimum atomic E-state index is -0.398. The van der Waals surface area contributed by atoms with Crippen molar-refractivity contribution in [2.45, 2.75) is 32.4 Å². The largest absolute Gasteiger partial charge is 0.414 e. The minimum absolute atomic E-state index is 0.119. The number of nitrogens with two attached hydrogens (primary N) is 1. The van der Waals surface area contributed by atoms with E-state index in [1.165, 1.54) is 10.5 Å². The monoisotopic (exact) mass is 381 g/mol. The summed E-state index contributed by atoms with van der Waals surface area (Å²) in [4.78, 5) is 13.2. The Morgan fingerprint density at radius 2 is 1.89 bits per heavy atom. The molecule has 0 unspecified atom stereocenters. The molecule has 0 saturated heterocycles. The number of carbonyl (C=O) groups excluding carboxylic acids is 1. The maximum atomic E-state index is 11.8. The van der Waals surface area contributed by atoms with Crippen molar-refractivity contribution in [1.29, 1.82) is 0 Å². The van der Waals surface area contributed by atoms with Crippen LogP contribution in [0.5, 0.6) is 5.75 Å². The molecule has 0 heterocycles. The number of carbonyl (C=O) groups is 1. The average Bonchev–Trinajstić information content (AvgIpc) is 2.65. The summed E-state index contributed by atoms with van der Waals surface area (Å²) in [6.45, 7) is 7.42. The number of nitrogens with zero attached hydrogens (tertiary/aromatic N) is 1. The molecule has 0 aliphatic heterocycles. The number of ether oxygens (including phenoxy) is 1. The summed E-state index contributed by atoms with van der Waals surface area (Å²) >= 11 is 0. The van der Waals surface area contributed by atoms with E-state index in [1.807, 2.05) is 37.3 Å². The van der Waals surface area contributed by atoms with Crippen LogP contribution in [0.25, 0.3) is 5.57 Å². The lowest BCUT2D eigenvalue weighted by Crippen LogP contribution is -2.28. The number of hydrogen-bond acceptors (Lipinski definition) is 4. The van der Waals surface area contributed by atoms with Gasteiger partial charge in [0.2, 0.25) is 0 Å². The molecule has 5 heteroatoms. The van der Waals surface area contributed by atoms with Gasteiger partial charge >= 0.3 is 6.09 Å². The average molecular weight is 382 g/mol. The van der Waals surface area contributed by atoms with E-state index < -0.39 is 6.09 Å². The fourth-order valence-electron chi connectivity index (χ4n) is 2.80. The Kier molecular flexibility index (Phi) is 8.23. The Hall–Kier alpha value is -2.63. The fraction of sp³-hybridized carbons (Fsp3) is 0.348. The van der Waals surface area contributed by atoms with Crippen LogP contribution in [0.15, 0.2) is 55.1 Å². The Morgan fingerprint density at radius 1 is 1.18 bits per heavy atom. The predicted octanol–water partition coefficient (Wildman–Crippen LogP) is 3.83. The van der Waals surface area contributed by atoms with Crippen molar-refractivity contribution in [3.8, 4) is 5.75 Å². The number of allylic oxidation sites excluding steroid dienone is 1. The molecular weight excluding hydrogens is 350 g/mol.